The zero-order chi connectivity index (χ0) is 27.2. The Morgan fingerprint density at radius 1 is 1.18 bits per heavy atom. The number of pyridine rings is 1. The minimum absolute atomic E-state index is 0.126. The summed E-state index contributed by atoms with van der Waals surface area (Å²) in [6.07, 6.45) is 2.59. The number of nitrogens with zero attached hydrogens (tertiary/aromatic N) is 3. The molecule has 11 nitrogen and oxygen atoms in total. The van der Waals surface area contributed by atoms with Gasteiger partial charge in [0, 0.05) is 22.8 Å². The van der Waals surface area contributed by atoms with Crippen molar-refractivity contribution in [2.45, 2.75) is 6.92 Å². The highest BCUT2D eigenvalue weighted by Crippen LogP contribution is 2.36. The van der Waals surface area contributed by atoms with Gasteiger partial charge in [0.1, 0.15) is 12.7 Å². The Labute approximate surface area is 225 Å². The van der Waals surface area contributed by atoms with E-state index in [9.17, 15) is 24.5 Å². The molecule has 0 aliphatic carbocycles. The van der Waals surface area contributed by atoms with Crippen LogP contribution in [0.3, 0.4) is 0 Å². The van der Waals surface area contributed by atoms with Crippen LogP contribution in [-0.2, 0) is 9.59 Å². The average molecular weight is 555 g/mol. The molecule has 4 rings (SSSR count). The predicted molar refractivity (Wildman–Crippen MR) is 141 cm³/mol. The second kappa shape index (κ2) is 11.8. The molecule has 0 bridgehead atoms. The normalized spacial score (nSPS) is 14.1. The minimum atomic E-state index is -0.602. The number of thioether (sulfide) groups is 1. The lowest BCUT2D eigenvalue weighted by atomic mass is 10.2. The standard InChI is InChI=1S/C25H19ClN4O7S/c1-2-36-20-10-15(6-8-19(20)37-23-9-7-18(13-27-23)30(34)35)11-21-24(32)29(25(33)38-21)14-22(31)28-17-5-3-4-16(26)12-17/h3-13H,2,14H2,1H3,(H,28,31)/b21-11-. The third-order valence-corrected chi connectivity index (χ3v) is 6.14. The number of carbonyl (C=O) groups excluding carboxylic acids is 3. The molecule has 2 aromatic carbocycles. The van der Waals surface area contributed by atoms with Gasteiger partial charge in [-0.1, -0.05) is 23.7 Å². The summed E-state index contributed by atoms with van der Waals surface area (Å²) < 4.78 is 11.4. The van der Waals surface area contributed by atoms with E-state index < -0.39 is 28.5 Å². The van der Waals surface area contributed by atoms with Crippen LogP contribution in [0, 0.1) is 10.1 Å². The summed E-state index contributed by atoms with van der Waals surface area (Å²) >= 11 is 6.63. The molecule has 1 saturated heterocycles. The SMILES string of the molecule is CCOc1cc(/C=C2\SC(=O)N(CC(=O)Nc3cccc(Cl)c3)C2=O)ccc1Oc1ccc([N+](=O)[O-])cn1. The fraction of sp³-hybridized carbons (Fsp3) is 0.120. The number of anilines is 1. The van der Waals surface area contributed by atoms with Crippen molar-refractivity contribution in [2.24, 2.45) is 0 Å². The van der Waals surface area contributed by atoms with Gasteiger partial charge in [0.05, 0.1) is 16.4 Å². The second-order valence-electron chi connectivity index (χ2n) is 7.68. The summed E-state index contributed by atoms with van der Waals surface area (Å²) in [7, 11) is 0. The first-order valence-corrected chi connectivity index (χ1v) is 12.3. The van der Waals surface area contributed by atoms with E-state index in [0.717, 1.165) is 22.9 Å². The van der Waals surface area contributed by atoms with Crippen molar-refractivity contribution in [2.75, 3.05) is 18.5 Å². The smallest absolute Gasteiger partial charge is 0.294 e. The van der Waals surface area contributed by atoms with Gasteiger partial charge in [-0.25, -0.2) is 4.98 Å². The van der Waals surface area contributed by atoms with Crippen molar-refractivity contribution < 1.29 is 28.8 Å². The van der Waals surface area contributed by atoms with Crippen molar-refractivity contribution in [3.05, 3.63) is 86.4 Å². The van der Waals surface area contributed by atoms with Crippen LogP contribution in [0.4, 0.5) is 16.2 Å². The van der Waals surface area contributed by atoms with E-state index in [1.807, 2.05) is 0 Å². The van der Waals surface area contributed by atoms with E-state index in [1.54, 1.807) is 49.4 Å². The fourth-order valence-electron chi connectivity index (χ4n) is 3.32. The molecule has 38 heavy (non-hydrogen) atoms. The molecule has 1 aliphatic rings. The summed E-state index contributed by atoms with van der Waals surface area (Å²) in [6.45, 7) is 1.64. The monoisotopic (exact) mass is 554 g/mol. The van der Waals surface area contributed by atoms with Gasteiger partial charge in [-0.2, -0.15) is 0 Å². The molecule has 2 heterocycles. The lowest BCUT2D eigenvalue weighted by molar-refractivity contribution is -0.385. The highest BCUT2D eigenvalue weighted by molar-refractivity contribution is 8.18. The molecule has 0 spiro atoms. The molecule has 0 atom stereocenters. The topological polar surface area (TPSA) is 141 Å². The maximum atomic E-state index is 12.9. The van der Waals surface area contributed by atoms with Crippen LogP contribution in [0.15, 0.2) is 65.7 Å². The first kappa shape index (κ1) is 26.6. The van der Waals surface area contributed by atoms with Crippen LogP contribution in [0.5, 0.6) is 17.4 Å². The highest BCUT2D eigenvalue weighted by atomic mass is 35.5. The van der Waals surface area contributed by atoms with Crippen molar-refractivity contribution in [1.82, 2.24) is 9.88 Å². The molecule has 3 amide bonds. The predicted octanol–water partition coefficient (Wildman–Crippen LogP) is 5.51. The molecular formula is C25H19ClN4O7S. The number of aromatic nitrogens is 1. The molecule has 3 aromatic rings. The molecule has 0 radical (unpaired) electrons. The third kappa shape index (κ3) is 6.47. The lowest BCUT2D eigenvalue weighted by Gasteiger charge is -2.13. The van der Waals surface area contributed by atoms with E-state index >= 15 is 0 Å². The summed E-state index contributed by atoms with van der Waals surface area (Å²) in [6, 6.07) is 14.0. The number of amides is 3. The van der Waals surface area contributed by atoms with Crippen LogP contribution in [0.2, 0.25) is 5.02 Å². The number of nitrogens with one attached hydrogen (secondary N) is 1. The summed E-state index contributed by atoms with van der Waals surface area (Å²) in [5.74, 6) is -0.385. The number of ether oxygens (including phenoxy) is 2. The zero-order valence-electron chi connectivity index (χ0n) is 19.8. The van der Waals surface area contributed by atoms with Gasteiger partial charge in [0.2, 0.25) is 11.8 Å². The lowest BCUT2D eigenvalue weighted by Crippen LogP contribution is -2.36. The summed E-state index contributed by atoms with van der Waals surface area (Å²) in [5, 5.41) is 13.3. The number of rotatable bonds is 9. The molecule has 0 saturated carbocycles. The van der Waals surface area contributed by atoms with Crippen molar-refractivity contribution in [1.29, 1.82) is 0 Å². The van der Waals surface area contributed by atoms with Gasteiger partial charge in [-0.05, 0) is 60.7 Å². The van der Waals surface area contributed by atoms with Crippen LogP contribution in [-0.4, -0.2) is 45.0 Å². The molecule has 0 unspecified atom stereocenters. The van der Waals surface area contributed by atoms with E-state index in [-0.39, 0.29) is 16.5 Å². The Kier molecular flexibility index (Phi) is 8.24. The van der Waals surface area contributed by atoms with Crippen molar-refractivity contribution >= 4 is 57.9 Å². The Bertz CT molecular complexity index is 1450. The van der Waals surface area contributed by atoms with E-state index in [0.29, 0.717) is 34.4 Å². The van der Waals surface area contributed by atoms with Gasteiger partial charge in [0.25, 0.3) is 16.8 Å². The van der Waals surface area contributed by atoms with E-state index in [2.05, 4.69) is 10.3 Å². The van der Waals surface area contributed by atoms with E-state index in [1.165, 1.54) is 18.2 Å². The van der Waals surface area contributed by atoms with Gasteiger partial charge in [-0.15, -0.1) is 0 Å². The number of halogens is 1. The molecule has 1 aliphatic heterocycles. The molecule has 1 N–H and O–H groups in total. The maximum absolute atomic E-state index is 12.9. The van der Waals surface area contributed by atoms with Gasteiger partial charge >= 0.3 is 0 Å². The minimum Gasteiger partial charge on any atom is -0.490 e. The number of imide groups is 1. The number of carbonyl (C=O) groups is 3. The van der Waals surface area contributed by atoms with E-state index in [4.69, 9.17) is 21.1 Å². The Morgan fingerprint density at radius 3 is 2.68 bits per heavy atom. The zero-order valence-corrected chi connectivity index (χ0v) is 21.3. The largest absolute Gasteiger partial charge is 0.490 e. The Hall–Kier alpha value is -4.42. The molecular weight excluding hydrogens is 536 g/mol. The van der Waals surface area contributed by atoms with Gasteiger partial charge < -0.3 is 14.8 Å². The van der Waals surface area contributed by atoms with Crippen LogP contribution in [0.25, 0.3) is 6.08 Å². The molecule has 1 fully saturated rings. The number of hydrogen-bond donors (Lipinski definition) is 1. The van der Waals surface area contributed by atoms with Gasteiger partial charge in [-0.3, -0.25) is 29.4 Å². The van der Waals surface area contributed by atoms with Crippen molar-refractivity contribution in [3.63, 3.8) is 0 Å². The Balaban J connectivity index is 1.47. The fourth-order valence-corrected chi connectivity index (χ4v) is 4.35. The maximum Gasteiger partial charge on any atom is 0.294 e. The third-order valence-electron chi connectivity index (χ3n) is 5.00. The number of hydrogen-bond acceptors (Lipinski definition) is 9. The Morgan fingerprint density at radius 2 is 2.00 bits per heavy atom. The quantitative estimate of drug-likeness (QED) is 0.206. The van der Waals surface area contributed by atoms with Crippen LogP contribution in [0.1, 0.15) is 12.5 Å². The molecule has 1 aromatic heterocycles. The summed E-state index contributed by atoms with van der Waals surface area (Å²) in [4.78, 5) is 52.9. The molecule has 194 valence electrons. The first-order chi connectivity index (χ1) is 18.2. The van der Waals surface area contributed by atoms with Crippen LogP contribution >= 0.6 is 23.4 Å². The second-order valence-corrected chi connectivity index (χ2v) is 9.11. The average Bonchev–Trinajstić information content (AvgIpc) is 3.13. The van der Waals surface area contributed by atoms with Gasteiger partial charge in [0.15, 0.2) is 11.5 Å². The highest BCUT2D eigenvalue weighted by Gasteiger charge is 2.36. The number of nitro groups is 1. The van der Waals surface area contributed by atoms with Crippen molar-refractivity contribution in [3.8, 4) is 17.4 Å². The first-order valence-electron chi connectivity index (χ1n) is 11.1. The molecule has 13 heteroatoms. The van der Waals surface area contributed by atoms with Crippen LogP contribution < -0.4 is 14.8 Å². The summed E-state index contributed by atoms with van der Waals surface area (Å²) in [5.41, 5.74) is 0.819. The number of benzene rings is 2.